The van der Waals surface area contributed by atoms with Crippen molar-refractivity contribution >= 4 is 28.6 Å². The van der Waals surface area contributed by atoms with Crippen LogP contribution in [0.25, 0.3) is 0 Å². The van der Waals surface area contributed by atoms with Crippen LogP contribution in [0, 0.1) is 16.2 Å². The van der Waals surface area contributed by atoms with Crippen molar-refractivity contribution in [1.29, 1.82) is 5.41 Å². The first-order valence-corrected chi connectivity index (χ1v) is 8.99. The number of thioether (sulfide) groups is 1. The van der Waals surface area contributed by atoms with Crippen LogP contribution in [0.15, 0.2) is 28.8 Å². The molecule has 1 aromatic rings. The first-order chi connectivity index (χ1) is 11.5. The summed E-state index contributed by atoms with van der Waals surface area (Å²) in [7, 11) is 0. The molecule has 2 N–H and O–H groups in total. The third-order valence-corrected chi connectivity index (χ3v) is 6.45. The number of carbonyl (C=O) groups is 2. The molecule has 1 aliphatic rings. The van der Waals surface area contributed by atoms with Crippen LogP contribution in [0.1, 0.15) is 68.3 Å². The van der Waals surface area contributed by atoms with Gasteiger partial charge in [-0.3, -0.25) is 10.2 Å². The maximum absolute atomic E-state index is 12.5. The number of carboxylic acid groups (broad SMARTS) is 1. The van der Waals surface area contributed by atoms with Crippen LogP contribution in [0.4, 0.5) is 0 Å². The van der Waals surface area contributed by atoms with Crippen molar-refractivity contribution in [3.05, 3.63) is 40.1 Å². The number of nitrogens with zero attached hydrogens (tertiary/aromatic N) is 1. The van der Waals surface area contributed by atoms with Crippen LogP contribution < -0.4 is 0 Å². The Morgan fingerprint density at radius 1 is 1.16 bits per heavy atom. The molecule has 0 spiro atoms. The summed E-state index contributed by atoms with van der Waals surface area (Å²) in [5, 5.41) is 17.0. The molecule has 0 radical (unpaired) electrons. The highest BCUT2D eigenvalue weighted by atomic mass is 32.2. The quantitative estimate of drug-likeness (QED) is 0.457. The number of allylic oxidation sites excluding steroid dienone is 2. The number of pyridine rings is 1. The van der Waals surface area contributed by atoms with Crippen molar-refractivity contribution in [3.63, 3.8) is 0 Å². The van der Waals surface area contributed by atoms with Gasteiger partial charge in [0.2, 0.25) is 5.78 Å². The first-order valence-electron chi connectivity index (χ1n) is 8.18. The van der Waals surface area contributed by atoms with Gasteiger partial charge in [-0.05, 0) is 47.6 Å². The summed E-state index contributed by atoms with van der Waals surface area (Å²) >= 11 is 1.22. The second-order valence-corrected chi connectivity index (χ2v) is 8.74. The highest BCUT2D eigenvalue weighted by molar-refractivity contribution is 8.18. The van der Waals surface area contributed by atoms with E-state index in [4.69, 9.17) is 10.5 Å². The number of hydrogen-bond acceptors (Lipinski definition) is 5. The van der Waals surface area contributed by atoms with Crippen molar-refractivity contribution in [1.82, 2.24) is 4.98 Å². The second-order valence-electron chi connectivity index (χ2n) is 7.72. The molecule has 0 amide bonds. The Labute approximate surface area is 152 Å². The monoisotopic (exact) mass is 360 g/mol. The van der Waals surface area contributed by atoms with E-state index >= 15 is 0 Å². The summed E-state index contributed by atoms with van der Waals surface area (Å²) in [5.74, 6) is -1.58. The predicted octanol–water partition coefficient (Wildman–Crippen LogP) is 4.79. The molecule has 2 rings (SSSR count). The van der Waals surface area contributed by atoms with Gasteiger partial charge in [0.1, 0.15) is 10.7 Å². The van der Waals surface area contributed by atoms with E-state index in [1.54, 1.807) is 0 Å². The van der Waals surface area contributed by atoms with Gasteiger partial charge in [-0.25, -0.2) is 9.78 Å². The molecule has 6 heteroatoms. The van der Waals surface area contributed by atoms with E-state index in [1.165, 1.54) is 35.7 Å². The smallest absolute Gasteiger partial charge is 0.354 e. The zero-order valence-corrected chi connectivity index (χ0v) is 16.1. The van der Waals surface area contributed by atoms with Gasteiger partial charge in [-0.15, -0.1) is 0 Å². The van der Waals surface area contributed by atoms with Crippen molar-refractivity contribution in [2.75, 3.05) is 0 Å². The van der Waals surface area contributed by atoms with Gasteiger partial charge in [0.05, 0.1) is 0 Å². The van der Waals surface area contributed by atoms with E-state index in [-0.39, 0.29) is 27.1 Å². The van der Waals surface area contributed by atoms with Gasteiger partial charge >= 0.3 is 5.97 Å². The molecule has 134 valence electrons. The molecule has 0 saturated heterocycles. The van der Waals surface area contributed by atoms with Gasteiger partial charge in [0.15, 0.2) is 0 Å². The number of aromatic carboxylic acids is 1. The van der Waals surface area contributed by atoms with Gasteiger partial charge in [-0.1, -0.05) is 45.0 Å². The van der Waals surface area contributed by atoms with Crippen LogP contribution in [0.3, 0.4) is 0 Å². The Hall–Kier alpha value is -1.95. The topological polar surface area (TPSA) is 91.1 Å². The van der Waals surface area contributed by atoms with Crippen LogP contribution in [-0.4, -0.2) is 26.9 Å². The number of carboxylic acids is 1. The number of ketones is 1. The molecule has 0 unspecified atom stereocenters. The highest BCUT2D eigenvalue weighted by Gasteiger charge is 2.38. The minimum absolute atomic E-state index is 0.0614. The second kappa shape index (κ2) is 6.75. The maximum Gasteiger partial charge on any atom is 0.354 e. The highest BCUT2D eigenvalue weighted by Crippen LogP contribution is 2.52. The molecule has 0 bridgehead atoms. The van der Waals surface area contributed by atoms with Crippen molar-refractivity contribution in [3.8, 4) is 0 Å². The molecule has 0 fully saturated rings. The normalized spacial score (nSPS) is 18.8. The lowest BCUT2D eigenvalue weighted by molar-refractivity contribution is 0.0690. The number of rotatable bonds is 4. The van der Waals surface area contributed by atoms with E-state index in [9.17, 15) is 9.59 Å². The van der Waals surface area contributed by atoms with E-state index in [1.807, 2.05) is 0 Å². The van der Waals surface area contributed by atoms with Gasteiger partial charge < -0.3 is 5.11 Å². The molecular formula is C19H24N2O3S. The Bertz CT molecular complexity index is 761. The molecule has 1 heterocycles. The van der Waals surface area contributed by atoms with Crippen LogP contribution in [-0.2, 0) is 0 Å². The lowest BCUT2D eigenvalue weighted by Gasteiger charge is -2.42. The van der Waals surface area contributed by atoms with Gasteiger partial charge in [-0.2, -0.15) is 0 Å². The fourth-order valence-corrected chi connectivity index (χ4v) is 4.11. The third kappa shape index (κ3) is 4.00. The summed E-state index contributed by atoms with van der Waals surface area (Å²) in [5.41, 5.74) is 1.33. The lowest BCUT2D eigenvalue weighted by atomic mass is 9.68. The molecule has 1 aliphatic carbocycles. The molecule has 0 aromatic carbocycles. The van der Waals surface area contributed by atoms with Crippen LogP contribution in [0.2, 0.25) is 0 Å². The number of nitrogens with one attached hydrogen (secondary N) is 1. The Balaban J connectivity index is 2.25. The third-order valence-electron chi connectivity index (χ3n) is 5.00. The first kappa shape index (κ1) is 19.4. The zero-order valence-electron chi connectivity index (χ0n) is 15.3. The summed E-state index contributed by atoms with van der Waals surface area (Å²) in [6, 6.07) is 2.69. The van der Waals surface area contributed by atoms with E-state index in [2.05, 4.69) is 39.6 Å². The average molecular weight is 360 g/mol. The number of carbonyl (C=O) groups excluding carboxylic acids is 1. The largest absolute Gasteiger partial charge is 0.477 e. The summed E-state index contributed by atoms with van der Waals surface area (Å²) in [6.07, 6.45) is 3.31. The number of hydrogen-bond donors (Lipinski definition) is 2. The van der Waals surface area contributed by atoms with Crippen molar-refractivity contribution in [2.24, 2.45) is 10.8 Å². The van der Waals surface area contributed by atoms with Crippen LogP contribution >= 0.6 is 11.8 Å². The Morgan fingerprint density at radius 3 is 2.28 bits per heavy atom. The molecular weight excluding hydrogens is 336 g/mol. The predicted molar refractivity (Wildman–Crippen MR) is 100 cm³/mol. The maximum atomic E-state index is 12.5. The lowest BCUT2D eigenvalue weighted by Crippen LogP contribution is -2.29. The molecule has 0 atom stereocenters. The summed E-state index contributed by atoms with van der Waals surface area (Å²) in [4.78, 5) is 28.2. The molecule has 25 heavy (non-hydrogen) atoms. The summed E-state index contributed by atoms with van der Waals surface area (Å²) in [6.45, 7) is 10.8. The van der Waals surface area contributed by atoms with Crippen molar-refractivity contribution < 1.29 is 14.7 Å². The molecule has 0 aliphatic heterocycles. The van der Waals surface area contributed by atoms with E-state index < -0.39 is 11.8 Å². The molecule has 5 nitrogen and oxygen atoms in total. The molecule has 1 aromatic heterocycles. The standard InChI is InChI=1S/C19H24N2O3S/c1-11-15(19(4,5)9-8-18(11,2)3)25-16(20)14(22)12-6-7-13(17(23)24)21-10-12/h6-7,10,20H,8-9H2,1-5H3,(H,23,24). The SMILES string of the molecule is CC1=C(SC(=N)C(=O)c2ccc(C(=O)O)nc2)C(C)(C)CCC1(C)C. The fourth-order valence-electron chi connectivity index (χ4n) is 2.89. The summed E-state index contributed by atoms with van der Waals surface area (Å²) < 4.78 is 0. The van der Waals surface area contributed by atoms with Gasteiger partial charge in [0.25, 0.3) is 0 Å². The zero-order chi connectivity index (χ0) is 19.0. The van der Waals surface area contributed by atoms with Crippen LogP contribution in [0.5, 0.6) is 0 Å². The Kier molecular flexibility index (Phi) is 5.23. The molecule has 0 saturated carbocycles. The number of Topliss-reactive ketones (excluding diaryl/α,β-unsaturated/α-hetero) is 1. The average Bonchev–Trinajstić information content (AvgIpc) is 2.55. The minimum atomic E-state index is -1.14. The number of aromatic nitrogens is 1. The fraction of sp³-hybridized carbons (Fsp3) is 0.474. The Morgan fingerprint density at radius 2 is 1.76 bits per heavy atom. The van der Waals surface area contributed by atoms with E-state index in [0.29, 0.717) is 0 Å². The van der Waals surface area contributed by atoms with Gasteiger partial charge in [0, 0.05) is 11.8 Å². The van der Waals surface area contributed by atoms with Crippen molar-refractivity contribution in [2.45, 2.75) is 47.5 Å². The minimum Gasteiger partial charge on any atom is -0.477 e. The van der Waals surface area contributed by atoms with E-state index in [0.717, 1.165) is 17.7 Å².